The first-order valence-electron chi connectivity index (χ1n) is 5.04. The van der Waals surface area contributed by atoms with Crippen molar-refractivity contribution in [3.05, 3.63) is 11.9 Å². The second-order valence-electron chi connectivity index (χ2n) is 3.76. The van der Waals surface area contributed by atoms with Crippen molar-refractivity contribution >= 4 is 5.91 Å². The Hall–Kier alpha value is -1.87. The van der Waals surface area contributed by atoms with Crippen LogP contribution in [0.4, 0.5) is 0 Å². The third-order valence-corrected chi connectivity index (χ3v) is 2.54. The van der Waals surface area contributed by atoms with Gasteiger partial charge in [0, 0.05) is 20.1 Å². The Balaban J connectivity index is 2.06. The van der Waals surface area contributed by atoms with Gasteiger partial charge in [0.2, 0.25) is 0 Å². The van der Waals surface area contributed by atoms with E-state index in [0.29, 0.717) is 11.7 Å². The molecule has 1 N–H and O–H groups in total. The Morgan fingerprint density at radius 1 is 1.81 bits per heavy atom. The number of terminal acetylenes is 1. The lowest BCUT2D eigenvalue weighted by atomic mass is 10.2. The average Bonchev–Trinajstić information content (AvgIpc) is 2.63. The fourth-order valence-electron chi connectivity index (χ4n) is 1.42. The van der Waals surface area contributed by atoms with Gasteiger partial charge in [0.25, 0.3) is 5.91 Å². The molecule has 1 aromatic rings. The van der Waals surface area contributed by atoms with Gasteiger partial charge in [-0.25, -0.2) is 4.68 Å². The van der Waals surface area contributed by atoms with Gasteiger partial charge in [-0.1, -0.05) is 11.1 Å². The lowest BCUT2D eigenvalue weighted by molar-refractivity contribution is 0.0806. The van der Waals surface area contributed by atoms with Crippen LogP contribution in [0.15, 0.2) is 6.20 Å². The van der Waals surface area contributed by atoms with Crippen LogP contribution in [0.1, 0.15) is 16.5 Å². The van der Waals surface area contributed by atoms with Crippen LogP contribution >= 0.6 is 0 Å². The third-order valence-electron chi connectivity index (χ3n) is 2.54. The van der Waals surface area contributed by atoms with Gasteiger partial charge in [-0.15, -0.1) is 11.5 Å². The summed E-state index contributed by atoms with van der Waals surface area (Å²) in [5.41, 5.74) is 0.338. The Morgan fingerprint density at radius 2 is 2.56 bits per heavy atom. The van der Waals surface area contributed by atoms with Crippen molar-refractivity contribution in [3.63, 3.8) is 0 Å². The van der Waals surface area contributed by atoms with Crippen LogP contribution in [0, 0.1) is 12.3 Å². The van der Waals surface area contributed by atoms with Gasteiger partial charge in [-0.3, -0.25) is 4.79 Å². The molecule has 1 saturated heterocycles. The molecular weight excluding hydrogens is 206 g/mol. The number of carbonyl (C=O) groups is 1. The molecule has 0 aliphatic carbocycles. The Bertz CT molecular complexity index is 429. The highest BCUT2D eigenvalue weighted by atomic mass is 16.2. The minimum absolute atomic E-state index is 0.198. The highest BCUT2D eigenvalue weighted by Crippen LogP contribution is 2.10. The zero-order valence-corrected chi connectivity index (χ0v) is 9.05. The summed E-state index contributed by atoms with van der Waals surface area (Å²) < 4.78 is 1.72. The fourth-order valence-corrected chi connectivity index (χ4v) is 1.42. The molecule has 84 valence electrons. The van der Waals surface area contributed by atoms with Crippen LogP contribution in [0.25, 0.3) is 0 Å². The van der Waals surface area contributed by atoms with Gasteiger partial charge in [-0.2, -0.15) is 0 Å². The van der Waals surface area contributed by atoms with E-state index in [9.17, 15) is 4.79 Å². The molecule has 1 aromatic heterocycles. The summed E-state index contributed by atoms with van der Waals surface area (Å²) in [4.78, 5) is 13.2. The summed E-state index contributed by atoms with van der Waals surface area (Å²) in [6.45, 7) is 2.02. The van der Waals surface area contributed by atoms with E-state index in [1.807, 2.05) is 0 Å². The molecule has 0 saturated carbocycles. The van der Waals surface area contributed by atoms with Gasteiger partial charge >= 0.3 is 0 Å². The zero-order valence-electron chi connectivity index (χ0n) is 9.05. The number of nitrogens with one attached hydrogen (secondary N) is 1. The third kappa shape index (κ3) is 1.90. The standard InChI is InChI=1S/C10H13N5O/c1-3-4-14(2)10(16)9-7-15(13-12-9)8-5-11-6-8/h1,7-8,11H,4-6H2,2H3. The van der Waals surface area contributed by atoms with E-state index in [-0.39, 0.29) is 12.5 Å². The number of aromatic nitrogens is 3. The highest BCUT2D eigenvalue weighted by Gasteiger charge is 2.22. The number of carbonyl (C=O) groups excluding carboxylic acids is 1. The summed E-state index contributed by atoms with van der Waals surface area (Å²) >= 11 is 0. The van der Waals surface area contributed by atoms with Crippen molar-refractivity contribution in [1.82, 2.24) is 25.2 Å². The molecule has 0 spiro atoms. The van der Waals surface area contributed by atoms with E-state index in [1.165, 1.54) is 4.90 Å². The first kappa shape index (κ1) is 10.6. The van der Waals surface area contributed by atoms with Gasteiger partial charge in [0.1, 0.15) is 0 Å². The molecule has 0 radical (unpaired) electrons. The van der Waals surface area contributed by atoms with Crippen molar-refractivity contribution in [2.45, 2.75) is 6.04 Å². The molecule has 0 atom stereocenters. The van der Waals surface area contributed by atoms with E-state index in [2.05, 4.69) is 21.5 Å². The molecular formula is C10H13N5O. The summed E-state index contributed by atoms with van der Waals surface area (Å²) in [6, 6.07) is 0.312. The lowest BCUT2D eigenvalue weighted by Gasteiger charge is -2.26. The molecule has 2 heterocycles. The molecule has 0 aromatic carbocycles. The maximum Gasteiger partial charge on any atom is 0.276 e. The topological polar surface area (TPSA) is 63.1 Å². The van der Waals surface area contributed by atoms with Crippen LogP contribution in [0.3, 0.4) is 0 Å². The SMILES string of the molecule is C#CCN(C)C(=O)c1cn(C2CNC2)nn1. The quantitative estimate of drug-likeness (QED) is 0.671. The summed E-state index contributed by atoms with van der Waals surface area (Å²) in [6.07, 6.45) is 6.80. The van der Waals surface area contributed by atoms with E-state index in [1.54, 1.807) is 17.9 Å². The number of nitrogens with zero attached hydrogens (tertiary/aromatic N) is 4. The van der Waals surface area contributed by atoms with Gasteiger partial charge in [-0.05, 0) is 0 Å². The second kappa shape index (κ2) is 4.33. The average molecular weight is 219 g/mol. The molecule has 0 bridgehead atoms. The van der Waals surface area contributed by atoms with E-state index < -0.39 is 0 Å². The van der Waals surface area contributed by atoms with E-state index >= 15 is 0 Å². The van der Waals surface area contributed by atoms with Crippen molar-refractivity contribution in [1.29, 1.82) is 0 Å². The minimum Gasteiger partial charge on any atom is -0.329 e. The number of hydrogen-bond acceptors (Lipinski definition) is 4. The molecule has 1 aliphatic rings. The zero-order chi connectivity index (χ0) is 11.5. The molecule has 0 unspecified atom stereocenters. The Morgan fingerprint density at radius 3 is 3.12 bits per heavy atom. The maximum atomic E-state index is 11.8. The Kier molecular flexibility index (Phi) is 2.88. The minimum atomic E-state index is -0.198. The normalized spacial score (nSPS) is 15.2. The van der Waals surface area contributed by atoms with Crippen molar-refractivity contribution in [3.8, 4) is 12.3 Å². The number of hydrogen-bond donors (Lipinski definition) is 1. The first-order chi connectivity index (χ1) is 7.72. The van der Waals surface area contributed by atoms with Gasteiger partial charge in [0.15, 0.2) is 5.69 Å². The second-order valence-corrected chi connectivity index (χ2v) is 3.76. The molecule has 2 rings (SSSR count). The van der Waals surface area contributed by atoms with Crippen LogP contribution in [0.5, 0.6) is 0 Å². The van der Waals surface area contributed by atoms with Crippen LogP contribution < -0.4 is 5.32 Å². The van der Waals surface area contributed by atoms with Crippen LogP contribution in [-0.4, -0.2) is 52.5 Å². The highest BCUT2D eigenvalue weighted by molar-refractivity contribution is 5.91. The van der Waals surface area contributed by atoms with Gasteiger partial charge in [0.05, 0.1) is 18.8 Å². The van der Waals surface area contributed by atoms with Crippen LogP contribution in [-0.2, 0) is 0 Å². The predicted octanol–water partition coefficient (Wildman–Crippen LogP) is -0.872. The van der Waals surface area contributed by atoms with Crippen molar-refractivity contribution in [2.75, 3.05) is 26.7 Å². The maximum absolute atomic E-state index is 11.8. The van der Waals surface area contributed by atoms with E-state index in [0.717, 1.165) is 13.1 Å². The van der Waals surface area contributed by atoms with Crippen molar-refractivity contribution in [2.24, 2.45) is 0 Å². The van der Waals surface area contributed by atoms with E-state index in [4.69, 9.17) is 6.42 Å². The van der Waals surface area contributed by atoms with Crippen LogP contribution in [0.2, 0.25) is 0 Å². The first-order valence-corrected chi connectivity index (χ1v) is 5.04. The molecule has 16 heavy (non-hydrogen) atoms. The largest absolute Gasteiger partial charge is 0.329 e. The fraction of sp³-hybridized carbons (Fsp3) is 0.500. The number of rotatable bonds is 3. The lowest BCUT2D eigenvalue weighted by Crippen LogP contribution is -2.43. The summed E-state index contributed by atoms with van der Waals surface area (Å²) in [7, 11) is 1.64. The number of amides is 1. The summed E-state index contributed by atoms with van der Waals surface area (Å²) in [5.74, 6) is 2.21. The molecule has 6 heteroatoms. The summed E-state index contributed by atoms with van der Waals surface area (Å²) in [5, 5.41) is 10.9. The molecule has 1 amide bonds. The predicted molar refractivity (Wildman–Crippen MR) is 57.7 cm³/mol. The molecule has 1 aliphatic heterocycles. The van der Waals surface area contributed by atoms with Crippen molar-refractivity contribution < 1.29 is 4.79 Å². The molecule has 1 fully saturated rings. The smallest absolute Gasteiger partial charge is 0.276 e. The molecule has 6 nitrogen and oxygen atoms in total. The van der Waals surface area contributed by atoms with Gasteiger partial charge < -0.3 is 10.2 Å². The monoisotopic (exact) mass is 219 g/mol. The Labute approximate surface area is 93.6 Å².